The minimum Gasteiger partial charge on any atom is -0.384 e. The van der Waals surface area contributed by atoms with Crippen molar-refractivity contribution in [1.82, 2.24) is 0 Å². The van der Waals surface area contributed by atoms with Crippen molar-refractivity contribution in [3.63, 3.8) is 0 Å². The summed E-state index contributed by atoms with van der Waals surface area (Å²) >= 11 is 0. The summed E-state index contributed by atoms with van der Waals surface area (Å²) in [5, 5.41) is 3.44. The smallest absolute Gasteiger partial charge is 0.0412 e. The standard InChI is InChI=1S/C12H15N/c1-3-9(2)11-6-4-5-10-7-8-13-12(10)11/h3-6,9,13H,1,7-8H2,2H3/t9-/m0/s1. The maximum atomic E-state index is 3.83. The van der Waals surface area contributed by atoms with Gasteiger partial charge in [-0.25, -0.2) is 0 Å². The van der Waals surface area contributed by atoms with Gasteiger partial charge in [-0.05, 0) is 17.5 Å². The average molecular weight is 173 g/mol. The summed E-state index contributed by atoms with van der Waals surface area (Å²) in [6.45, 7) is 7.10. The van der Waals surface area contributed by atoms with Gasteiger partial charge in [-0.15, -0.1) is 6.58 Å². The molecule has 68 valence electrons. The van der Waals surface area contributed by atoms with Crippen LogP contribution in [-0.2, 0) is 6.42 Å². The van der Waals surface area contributed by atoms with Crippen LogP contribution in [0.1, 0.15) is 24.0 Å². The Kier molecular flexibility index (Phi) is 2.09. The number of allylic oxidation sites excluding steroid dienone is 1. The van der Waals surface area contributed by atoms with Crippen molar-refractivity contribution in [3.05, 3.63) is 42.0 Å². The number of hydrogen-bond acceptors (Lipinski definition) is 1. The van der Waals surface area contributed by atoms with Crippen LogP contribution in [0, 0.1) is 0 Å². The first kappa shape index (κ1) is 8.36. The molecule has 1 aliphatic rings. The molecular formula is C12H15N. The molecule has 0 aromatic heterocycles. The van der Waals surface area contributed by atoms with E-state index in [1.54, 1.807) is 0 Å². The Morgan fingerprint density at radius 1 is 1.54 bits per heavy atom. The molecular weight excluding hydrogens is 158 g/mol. The van der Waals surface area contributed by atoms with E-state index in [-0.39, 0.29) is 0 Å². The van der Waals surface area contributed by atoms with Gasteiger partial charge >= 0.3 is 0 Å². The van der Waals surface area contributed by atoms with Crippen LogP contribution in [-0.4, -0.2) is 6.54 Å². The Morgan fingerprint density at radius 3 is 3.15 bits per heavy atom. The highest BCUT2D eigenvalue weighted by molar-refractivity contribution is 5.62. The fraction of sp³-hybridized carbons (Fsp3) is 0.333. The van der Waals surface area contributed by atoms with E-state index in [0.29, 0.717) is 5.92 Å². The zero-order chi connectivity index (χ0) is 9.26. The fourth-order valence-electron chi connectivity index (χ4n) is 1.87. The predicted molar refractivity (Wildman–Crippen MR) is 57.2 cm³/mol. The highest BCUT2D eigenvalue weighted by Crippen LogP contribution is 2.31. The quantitative estimate of drug-likeness (QED) is 0.678. The molecule has 0 bridgehead atoms. The molecule has 0 radical (unpaired) electrons. The van der Waals surface area contributed by atoms with E-state index in [2.05, 4.69) is 37.0 Å². The largest absolute Gasteiger partial charge is 0.384 e. The van der Waals surface area contributed by atoms with Crippen LogP contribution >= 0.6 is 0 Å². The van der Waals surface area contributed by atoms with Gasteiger partial charge in [0.25, 0.3) is 0 Å². The van der Waals surface area contributed by atoms with Crippen LogP contribution in [0.5, 0.6) is 0 Å². The van der Waals surface area contributed by atoms with E-state index in [1.165, 1.54) is 16.8 Å². The second-order valence-electron chi connectivity index (χ2n) is 3.58. The second kappa shape index (κ2) is 3.25. The zero-order valence-corrected chi connectivity index (χ0v) is 8.01. The Hall–Kier alpha value is -1.24. The van der Waals surface area contributed by atoms with Crippen LogP contribution in [0.15, 0.2) is 30.9 Å². The van der Waals surface area contributed by atoms with Crippen LogP contribution in [0.2, 0.25) is 0 Å². The topological polar surface area (TPSA) is 12.0 Å². The first-order valence-corrected chi connectivity index (χ1v) is 4.81. The Labute approximate surface area is 79.5 Å². The Bertz CT molecular complexity index is 328. The van der Waals surface area contributed by atoms with Gasteiger partial charge in [0, 0.05) is 18.2 Å². The van der Waals surface area contributed by atoms with Crippen LogP contribution in [0.4, 0.5) is 5.69 Å². The van der Waals surface area contributed by atoms with Crippen molar-refractivity contribution in [2.45, 2.75) is 19.3 Å². The molecule has 1 aromatic rings. The fourth-order valence-corrected chi connectivity index (χ4v) is 1.87. The zero-order valence-electron chi connectivity index (χ0n) is 8.01. The average Bonchev–Trinajstić information content (AvgIpc) is 2.63. The van der Waals surface area contributed by atoms with E-state index in [1.807, 2.05) is 6.08 Å². The van der Waals surface area contributed by atoms with Gasteiger partial charge in [-0.2, -0.15) is 0 Å². The van der Waals surface area contributed by atoms with E-state index < -0.39 is 0 Å². The Morgan fingerprint density at radius 2 is 2.38 bits per heavy atom. The summed E-state index contributed by atoms with van der Waals surface area (Å²) in [6, 6.07) is 6.53. The summed E-state index contributed by atoms with van der Waals surface area (Å²) in [5.74, 6) is 0.445. The van der Waals surface area contributed by atoms with E-state index in [0.717, 1.165) is 13.0 Å². The lowest BCUT2D eigenvalue weighted by Crippen LogP contribution is -1.97. The van der Waals surface area contributed by atoms with Crippen LogP contribution in [0.25, 0.3) is 0 Å². The summed E-state index contributed by atoms with van der Waals surface area (Å²) in [7, 11) is 0. The normalized spacial score (nSPS) is 16.1. The van der Waals surface area contributed by atoms with Crippen LogP contribution < -0.4 is 5.32 Å². The molecule has 0 aliphatic carbocycles. The highest BCUT2D eigenvalue weighted by atomic mass is 14.9. The summed E-state index contributed by atoms with van der Waals surface area (Å²) in [4.78, 5) is 0. The van der Waals surface area contributed by atoms with Crippen LogP contribution in [0.3, 0.4) is 0 Å². The van der Waals surface area contributed by atoms with Crippen molar-refractivity contribution in [2.75, 3.05) is 11.9 Å². The predicted octanol–water partition coefficient (Wildman–Crippen LogP) is 2.94. The number of anilines is 1. The van der Waals surface area contributed by atoms with Gasteiger partial charge in [0.2, 0.25) is 0 Å². The molecule has 13 heavy (non-hydrogen) atoms. The molecule has 0 saturated carbocycles. The van der Waals surface area contributed by atoms with Gasteiger partial charge in [0.05, 0.1) is 0 Å². The maximum absolute atomic E-state index is 3.83. The molecule has 1 heteroatoms. The molecule has 1 atom stereocenters. The summed E-state index contributed by atoms with van der Waals surface area (Å²) in [6.07, 6.45) is 3.16. The number of fused-ring (bicyclic) bond motifs is 1. The first-order chi connectivity index (χ1) is 6.33. The van der Waals surface area contributed by atoms with Gasteiger partial charge < -0.3 is 5.32 Å². The third kappa shape index (κ3) is 1.35. The number of nitrogens with one attached hydrogen (secondary N) is 1. The van der Waals surface area contributed by atoms with E-state index in [4.69, 9.17) is 0 Å². The molecule has 1 N–H and O–H groups in total. The SMILES string of the molecule is C=C[C@H](C)c1cccc2c1NCC2. The Balaban J connectivity index is 2.46. The molecule has 0 spiro atoms. The third-order valence-electron chi connectivity index (χ3n) is 2.72. The molecule has 0 fully saturated rings. The summed E-state index contributed by atoms with van der Waals surface area (Å²) in [5.41, 5.74) is 4.17. The number of para-hydroxylation sites is 1. The van der Waals surface area contributed by atoms with Gasteiger partial charge in [0.1, 0.15) is 0 Å². The molecule has 2 rings (SSSR count). The van der Waals surface area contributed by atoms with Crippen molar-refractivity contribution < 1.29 is 0 Å². The maximum Gasteiger partial charge on any atom is 0.0412 e. The first-order valence-electron chi connectivity index (χ1n) is 4.81. The van der Waals surface area contributed by atoms with Crippen molar-refractivity contribution in [3.8, 4) is 0 Å². The molecule has 0 amide bonds. The second-order valence-corrected chi connectivity index (χ2v) is 3.58. The highest BCUT2D eigenvalue weighted by Gasteiger charge is 2.15. The monoisotopic (exact) mass is 173 g/mol. The van der Waals surface area contributed by atoms with Crippen molar-refractivity contribution in [1.29, 1.82) is 0 Å². The molecule has 1 aromatic carbocycles. The number of rotatable bonds is 2. The van der Waals surface area contributed by atoms with E-state index >= 15 is 0 Å². The lowest BCUT2D eigenvalue weighted by atomic mass is 9.97. The van der Waals surface area contributed by atoms with Gasteiger partial charge in [0.15, 0.2) is 0 Å². The van der Waals surface area contributed by atoms with Crippen molar-refractivity contribution in [2.24, 2.45) is 0 Å². The van der Waals surface area contributed by atoms with Crippen molar-refractivity contribution >= 4 is 5.69 Å². The minimum absolute atomic E-state index is 0.445. The lowest BCUT2D eigenvalue weighted by molar-refractivity contribution is 0.973. The third-order valence-corrected chi connectivity index (χ3v) is 2.72. The lowest BCUT2D eigenvalue weighted by Gasteiger charge is -2.12. The molecule has 1 nitrogen and oxygen atoms in total. The molecule has 0 unspecified atom stereocenters. The van der Waals surface area contributed by atoms with E-state index in [9.17, 15) is 0 Å². The van der Waals surface area contributed by atoms with Gasteiger partial charge in [-0.3, -0.25) is 0 Å². The number of hydrogen-bond donors (Lipinski definition) is 1. The molecule has 1 heterocycles. The molecule has 0 saturated heterocycles. The number of benzene rings is 1. The van der Waals surface area contributed by atoms with Gasteiger partial charge in [-0.1, -0.05) is 31.2 Å². The minimum atomic E-state index is 0.445. The summed E-state index contributed by atoms with van der Waals surface area (Å²) < 4.78 is 0. The molecule has 1 aliphatic heterocycles.